The first-order valence-electron chi connectivity index (χ1n) is 6.31. The lowest BCUT2D eigenvalue weighted by Gasteiger charge is -2.32. The molecule has 0 fully saturated rings. The maximum atomic E-state index is 10.8. The monoisotopic (exact) mass is 245 g/mol. The standard InChI is InChI=1S/C14H15NO3/c16-12-5-6-13-10(7-12)2-1-9-3-4-11(15(17)18)8-14(9)13/h3-4,6,8,10,12,16H,1-2,5,7H2/t10-,12-/m0/s1. The van der Waals surface area contributed by atoms with Gasteiger partial charge < -0.3 is 5.11 Å². The van der Waals surface area contributed by atoms with E-state index in [1.54, 1.807) is 12.1 Å². The third-order valence-electron chi connectivity index (χ3n) is 3.98. The Bertz CT molecular complexity index is 536. The zero-order chi connectivity index (χ0) is 12.7. The molecule has 2 atom stereocenters. The Kier molecular flexibility index (Phi) is 2.67. The van der Waals surface area contributed by atoms with E-state index in [1.807, 2.05) is 6.07 Å². The molecular formula is C14H15NO3. The first kappa shape index (κ1) is 11.4. The number of rotatable bonds is 1. The minimum Gasteiger partial charge on any atom is -0.393 e. The fourth-order valence-corrected chi connectivity index (χ4v) is 3.08. The second kappa shape index (κ2) is 4.21. The maximum absolute atomic E-state index is 10.8. The van der Waals surface area contributed by atoms with Crippen LogP contribution in [-0.4, -0.2) is 16.1 Å². The summed E-state index contributed by atoms with van der Waals surface area (Å²) in [6.45, 7) is 0. The van der Waals surface area contributed by atoms with Crippen LogP contribution in [0.3, 0.4) is 0 Å². The van der Waals surface area contributed by atoms with E-state index in [9.17, 15) is 15.2 Å². The molecule has 0 amide bonds. The molecule has 0 saturated carbocycles. The van der Waals surface area contributed by atoms with Crippen molar-refractivity contribution in [3.05, 3.63) is 45.5 Å². The van der Waals surface area contributed by atoms with Crippen LogP contribution in [0.4, 0.5) is 5.69 Å². The van der Waals surface area contributed by atoms with Gasteiger partial charge in [0.1, 0.15) is 0 Å². The number of aryl methyl sites for hydroxylation is 1. The minimum atomic E-state index is -0.345. The maximum Gasteiger partial charge on any atom is 0.270 e. The van der Waals surface area contributed by atoms with Crippen LogP contribution in [0.15, 0.2) is 24.3 Å². The van der Waals surface area contributed by atoms with E-state index in [-0.39, 0.29) is 16.7 Å². The van der Waals surface area contributed by atoms with Crippen molar-refractivity contribution in [1.82, 2.24) is 0 Å². The van der Waals surface area contributed by atoms with Crippen molar-refractivity contribution in [1.29, 1.82) is 0 Å². The van der Waals surface area contributed by atoms with Crippen LogP contribution in [0, 0.1) is 16.0 Å². The number of non-ortho nitro benzene ring substituents is 1. The van der Waals surface area contributed by atoms with Gasteiger partial charge in [-0.3, -0.25) is 10.1 Å². The molecule has 0 unspecified atom stereocenters. The number of aliphatic hydroxyl groups excluding tert-OH is 1. The van der Waals surface area contributed by atoms with Gasteiger partial charge in [0.15, 0.2) is 0 Å². The number of nitro groups is 1. The van der Waals surface area contributed by atoms with Crippen molar-refractivity contribution in [2.75, 3.05) is 0 Å². The molecule has 1 aromatic rings. The Balaban J connectivity index is 2.07. The van der Waals surface area contributed by atoms with Crippen LogP contribution in [0.25, 0.3) is 5.57 Å². The van der Waals surface area contributed by atoms with Gasteiger partial charge in [0.05, 0.1) is 11.0 Å². The van der Waals surface area contributed by atoms with E-state index < -0.39 is 0 Å². The number of fused-ring (bicyclic) bond motifs is 3. The lowest BCUT2D eigenvalue weighted by atomic mass is 9.73. The molecule has 3 rings (SSSR count). The highest BCUT2D eigenvalue weighted by Gasteiger charge is 2.29. The molecule has 0 heterocycles. The van der Waals surface area contributed by atoms with Gasteiger partial charge in [-0.1, -0.05) is 12.1 Å². The van der Waals surface area contributed by atoms with Crippen LogP contribution in [0.2, 0.25) is 0 Å². The zero-order valence-corrected chi connectivity index (χ0v) is 10.0. The van der Waals surface area contributed by atoms with Gasteiger partial charge in [-0.15, -0.1) is 0 Å². The summed E-state index contributed by atoms with van der Waals surface area (Å²) in [5.74, 6) is 0.364. The van der Waals surface area contributed by atoms with Gasteiger partial charge in [-0.2, -0.15) is 0 Å². The molecule has 4 nitrogen and oxygen atoms in total. The Labute approximate surface area is 105 Å². The summed E-state index contributed by atoms with van der Waals surface area (Å²) in [4.78, 5) is 10.5. The van der Waals surface area contributed by atoms with E-state index in [0.717, 1.165) is 24.8 Å². The number of benzene rings is 1. The van der Waals surface area contributed by atoms with Crippen molar-refractivity contribution in [2.24, 2.45) is 5.92 Å². The molecule has 4 heteroatoms. The summed E-state index contributed by atoms with van der Waals surface area (Å²) >= 11 is 0. The van der Waals surface area contributed by atoms with Crippen molar-refractivity contribution >= 4 is 11.3 Å². The first-order chi connectivity index (χ1) is 8.65. The molecule has 0 aromatic heterocycles. The topological polar surface area (TPSA) is 63.4 Å². The highest BCUT2D eigenvalue weighted by atomic mass is 16.6. The number of nitro benzene ring substituents is 1. The molecule has 0 radical (unpaired) electrons. The van der Waals surface area contributed by atoms with E-state index in [2.05, 4.69) is 6.08 Å². The number of allylic oxidation sites excluding steroid dienone is 1. The second-order valence-corrected chi connectivity index (χ2v) is 5.12. The largest absolute Gasteiger partial charge is 0.393 e. The van der Waals surface area contributed by atoms with E-state index in [0.29, 0.717) is 12.3 Å². The highest BCUT2D eigenvalue weighted by molar-refractivity contribution is 5.74. The number of hydrogen-bond donors (Lipinski definition) is 1. The minimum absolute atomic E-state index is 0.154. The van der Waals surface area contributed by atoms with Crippen LogP contribution in [0.5, 0.6) is 0 Å². The average molecular weight is 245 g/mol. The average Bonchev–Trinajstić information content (AvgIpc) is 2.37. The third-order valence-corrected chi connectivity index (χ3v) is 3.98. The van der Waals surface area contributed by atoms with Crippen molar-refractivity contribution in [2.45, 2.75) is 31.8 Å². The lowest BCUT2D eigenvalue weighted by Crippen LogP contribution is -2.23. The van der Waals surface area contributed by atoms with Crippen LogP contribution in [0.1, 0.15) is 30.4 Å². The molecule has 0 saturated heterocycles. The molecule has 94 valence electrons. The number of hydrogen-bond acceptors (Lipinski definition) is 3. The molecule has 2 aliphatic carbocycles. The molecule has 18 heavy (non-hydrogen) atoms. The van der Waals surface area contributed by atoms with Crippen LogP contribution in [-0.2, 0) is 6.42 Å². The van der Waals surface area contributed by atoms with Gasteiger partial charge >= 0.3 is 0 Å². The number of nitrogens with zero attached hydrogens (tertiary/aromatic N) is 1. The smallest absolute Gasteiger partial charge is 0.270 e. The SMILES string of the molecule is O=[N+]([O-])c1ccc2c(c1)C1=CC[C@H](O)C[C@@H]1CC2. The molecule has 0 aliphatic heterocycles. The third kappa shape index (κ3) is 1.82. The molecule has 0 spiro atoms. The molecule has 1 N–H and O–H groups in total. The van der Waals surface area contributed by atoms with E-state index in [4.69, 9.17) is 0 Å². The van der Waals surface area contributed by atoms with E-state index in [1.165, 1.54) is 11.1 Å². The Hall–Kier alpha value is -1.68. The van der Waals surface area contributed by atoms with E-state index >= 15 is 0 Å². The molecule has 0 bridgehead atoms. The first-order valence-corrected chi connectivity index (χ1v) is 6.31. The van der Waals surface area contributed by atoms with Gasteiger partial charge in [0.2, 0.25) is 0 Å². The summed E-state index contributed by atoms with van der Waals surface area (Å²) in [7, 11) is 0. The van der Waals surface area contributed by atoms with Crippen LogP contribution < -0.4 is 0 Å². The molecular weight excluding hydrogens is 230 g/mol. The highest BCUT2D eigenvalue weighted by Crippen LogP contribution is 2.42. The Morgan fingerprint density at radius 3 is 3.00 bits per heavy atom. The van der Waals surface area contributed by atoms with Crippen molar-refractivity contribution < 1.29 is 10.0 Å². The predicted octanol–water partition coefficient (Wildman–Crippen LogP) is 2.70. The Morgan fingerprint density at radius 2 is 2.22 bits per heavy atom. The normalized spacial score (nSPS) is 25.9. The molecule has 2 aliphatic rings. The van der Waals surface area contributed by atoms with Gasteiger partial charge in [-0.25, -0.2) is 0 Å². The van der Waals surface area contributed by atoms with Crippen molar-refractivity contribution in [3.8, 4) is 0 Å². The summed E-state index contributed by atoms with van der Waals surface area (Å²) in [6, 6.07) is 5.14. The Morgan fingerprint density at radius 1 is 1.39 bits per heavy atom. The summed E-state index contributed by atoms with van der Waals surface area (Å²) in [5.41, 5.74) is 3.57. The summed E-state index contributed by atoms with van der Waals surface area (Å²) in [6.07, 6.45) is 5.23. The van der Waals surface area contributed by atoms with Gasteiger partial charge in [0, 0.05) is 12.1 Å². The number of aliphatic hydroxyl groups is 1. The fraction of sp³-hybridized carbons (Fsp3) is 0.429. The lowest BCUT2D eigenvalue weighted by molar-refractivity contribution is -0.384. The predicted molar refractivity (Wildman–Crippen MR) is 68.1 cm³/mol. The molecule has 1 aromatic carbocycles. The quantitative estimate of drug-likeness (QED) is 0.611. The van der Waals surface area contributed by atoms with Crippen molar-refractivity contribution in [3.63, 3.8) is 0 Å². The summed E-state index contributed by atoms with van der Waals surface area (Å²) in [5, 5.41) is 20.5. The van der Waals surface area contributed by atoms with Crippen LogP contribution >= 0.6 is 0 Å². The summed E-state index contributed by atoms with van der Waals surface area (Å²) < 4.78 is 0. The fourth-order valence-electron chi connectivity index (χ4n) is 3.08. The second-order valence-electron chi connectivity index (χ2n) is 5.12. The van der Waals surface area contributed by atoms with Gasteiger partial charge in [-0.05, 0) is 48.3 Å². The zero-order valence-electron chi connectivity index (χ0n) is 10.0. The van der Waals surface area contributed by atoms with Gasteiger partial charge in [0.25, 0.3) is 5.69 Å².